The molecule has 0 radical (unpaired) electrons. The van der Waals surface area contributed by atoms with Crippen molar-refractivity contribution in [1.29, 1.82) is 0 Å². The molecule has 8 heteroatoms. The molecule has 2 saturated heterocycles. The first-order valence-corrected chi connectivity index (χ1v) is 9.77. The second-order valence-corrected chi connectivity index (χ2v) is 7.43. The van der Waals surface area contributed by atoms with Crippen LogP contribution >= 0.6 is 0 Å². The Labute approximate surface area is 162 Å². The fourth-order valence-corrected chi connectivity index (χ4v) is 4.12. The molecule has 0 aliphatic carbocycles. The Hall–Kier alpha value is -2.09. The van der Waals surface area contributed by atoms with Crippen LogP contribution in [-0.4, -0.2) is 60.4 Å². The van der Waals surface area contributed by atoms with Gasteiger partial charge in [0.05, 0.1) is 18.0 Å². The molecule has 28 heavy (non-hydrogen) atoms. The average molecular weight is 397 g/mol. The van der Waals surface area contributed by atoms with Crippen LogP contribution in [-0.2, 0) is 15.8 Å². The van der Waals surface area contributed by atoms with E-state index in [4.69, 9.17) is 0 Å². The SMILES string of the molecule is CCC(C(=O)N1CCCC(N2CCNCC2=O)C1)c1cccc(C(F)(F)F)c1. The Morgan fingerprint density at radius 1 is 1.32 bits per heavy atom. The van der Waals surface area contributed by atoms with Crippen LogP contribution in [0.15, 0.2) is 24.3 Å². The lowest BCUT2D eigenvalue weighted by molar-refractivity contribution is -0.141. The fourth-order valence-electron chi connectivity index (χ4n) is 4.12. The number of piperazine rings is 1. The zero-order valence-electron chi connectivity index (χ0n) is 16.0. The quantitative estimate of drug-likeness (QED) is 0.850. The second kappa shape index (κ2) is 8.51. The van der Waals surface area contributed by atoms with Crippen molar-refractivity contribution in [2.45, 2.75) is 44.3 Å². The number of halogens is 3. The maximum absolute atomic E-state index is 13.1. The van der Waals surface area contributed by atoms with Crippen LogP contribution in [0.3, 0.4) is 0 Å². The van der Waals surface area contributed by atoms with Gasteiger partial charge in [-0.2, -0.15) is 13.2 Å². The number of hydrogen-bond donors (Lipinski definition) is 1. The van der Waals surface area contributed by atoms with Crippen molar-refractivity contribution in [2.75, 3.05) is 32.7 Å². The first-order chi connectivity index (χ1) is 13.3. The van der Waals surface area contributed by atoms with Crippen molar-refractivity contribution in [3.63, 3.8) is 0 Å². The Balaban J connectivity index is 1.75. The van der Waals surface area contributed by atoms with E-state index in [1.54, 1.807) is 11.0 Å². The molecule has 0 saturated carbocycles. The molecule has 1 N–H and O–H groups in total. The van der Waals surface area contributed by atoms with Crippen molar-refractivity contribution in [3.8, 4) is 0 Å². The summed E-state index contributed by atoms with van der Waals surface area (Å²) in [4.78, 5) is 28.9. The summed E-state index contributed by atoms with van der Waals surface area (Å²) in [6.45, 7) is 4.50. The molecule has 3 rings (SSSR count). The maximum atomic E-state index is 13.1. The van der Waals surface area contributed by atoms with Crippen LogP contribution in [0.2, 0.25) is 0 Å². The number of hydrogen-bond acceptors (Lipinski definition) is 3. The molecule has 2 heterocycles. The molecule has 5 nitrogen and oxygen atoms in total. The lowest BCUT2D eigenvalue weighted by Gasteiger charge is -2.42. The Morgan fingerprint density at radius 3 is 2.79 bits per heavy atom. The van der Waals surface area contributed by atoms with Gasteiger partial charge in [-0.3, -0.25) is 9.59 Å². The number of likely N-dealkylation sites (tertiary alicyclic amines) is 1. The first kappa shape index (κ1) is 20.6. The molecule has 0 spiro atoms. The Kier molecular flexibility index (Phi) is 6.27. The van der Waals surface area contributed by atoms with E-state index in [-0.39, 0.29) is 17.9 Å². The normalized spacial score (nSPS) is 22.3. The summed E-state index contributed by atoms with van der Waals surface area (Å²) in [5.74, 6) is -0.732. The summed E-state index contributed by atoms with van der Waals surface area (Å²) in [6, 6.07) is 5.02. The molecule has 2 amide bonds. The molecular weight excluding hydrogens is 371 g/mol. The standard InChI is InChI=1S/C20H26F3N3O2/c1-2-17(14-5-3-6-15(11-14)20(21,22)23)19(28)25-9-4-7-16(13-25)26-10-8-24-12-18(26)27/h3,5-6,11,16-17,24H,2,4,7-10,12-13H2,1H3. The van der Waals surface area contributed by atoms with Gasteiger partial charge in [0.15, 0.2) is 0 Å². The first-order valence-electron chi connectivity index (χ1n) is 9.77. The highest BCUT2D eigenvalue weighted by Gasteiger charge is 2.35. The lowest BCUT2D eigenvalue weighted by Crippen LogP contribution is -2.57. The van der Waals surface area contributed by atoms with Gasteiger partial charge in [-0.25, -0.2) is 0 Å². The largest absolute Gasteiger partial charge is 0.416 e. The van der Waals surface area contributed by atoms with Gasteiger partial charge in [0.25, 0.3) is 0 Å². The molecule has 1 aromatic carbocycles. The molecular formula is C20H26F3N3O2. The third kappa shape index (κ3) is 4.48. The minimum absolute atomic E-state index is 0.0219. The molecule has 154 valence electrons. The smallest absolute Gasteiger partial charge is 0.340 e. The monoisotopic (exact) mass is 397 g/mol. The van der Waals surface area contributed by atoms with Crippen LogP contribution < -0.4 is 5.32 Å². The molecule has 2 atom stereocenters. The highest BCUT2D eigenvalue weighted by molar-refractivity contribution is 5.84. The van der Waals surface area contributed by atoms with Gasteiger partial charge in [0.1, 0.15) is 0 Å². The minimum Gasteiger partial charge on any atom is -0.340 e. The van der Waals surface area contributed by atoms with Crippen LogP contribution in [0.1, 0.15) is 43.2 Å². The molecule has 0 bridgehead atoms. The minimum atomic E-state index is -4.43. The zero-order chi connectivity index (χ0) is 20.3. The number of piperidine rings is 1. The van der Waals surface area contributed by atoms with Crippen molar-refractivity contribution in [2.24, 2.45) is 0 Å². The number of benzene rings is 1. The lowest BCUT2D eigenvalue weighted by atomic mass is 9.92. The summed E-state index contributed by atoms with van der Waals surface area (Å²) in [7, 11) is 0. The highest BCUT2D eigenvalue weighted by Crippen LogP contribution is 2.33. The van der Waals surface area contributed by atoms with Crippen LogP contribution in [0, 0.1) is 0 Å². The van der Waals surface area contributed by atoms with Gasteiger partial charge in [-0.1, -0.05) is 25.1 Å². The molecule has 0 aromatic heterocycles. The van der Waals surface area contributed by atoms with Crippen molar-refractivity contribution in [3.05, 3.63) is 35.4 Å². The average Bonchev–Trinajstić information content (AvgIpc) is 2.68. The van der Waals surface area contributed by atoms with E-state index >= 15 is 0 Å². The second-order valence-electron chi connectivity index (χ2n) is 7.43. The number of nitrogens with one attached hydrogen (secondary N) is 1. The number of carbonyl (C=O) groups is 2. The topological polar surface area (TPSA) is 52.7 Å². The van der Waals surface area contributed by atoms with E-state index in [0.717, 1.165) is 31.5 Å². The van der Waals surface area contributed by atoms with E-state index in [0.29, 0.717) is 38.2 Å². The summed E-state index contributed by atoms with van der Waals surface area (Å²) in [6.07, 6.45) is -2.38. The number of amides is 2. The number of nitrogens with zero attached hydrogens (tertiary/aromatic N) is 2. The van der Waals surface area contributed by atoms with E-state index in [1.165, 1.54) is 6.07 Å². The van der Waals surface area contributed by atoms with Gasteiger partial charge in [0, 0.05) is 32.2 Å². The third-order valence-corrected chi connectivity index (χ3v) is 5.60. The van der Waals surface area contributed by atoms with E-state index in [2.05, 4.69) is 5.32 Å². The van der Waals surface area contributed by atoms with E-state index < -0.39 is 17.7 Å². The van der Waals surface area contributed by atoms with Crippen LogP contribution in [0.4, 0.5) is 13.2 Å². The van der Waals surface area contributed by atoms with Gasteiger partial charge in [0.2, 0.25) is 11.8 Å². The molecule has 2 aliphatic heterocycles. The Morgan fingerprint density at radius 2 is 2.11 bits per heavy atom. The summed E-state index contributed by atoms with van der Waals surface area (Å²) in [5.41, 5.74) is -0.345. The van der Waals surface area contributed by atoms with Crippen LogP contribution in [0.5, 0.6) is 0 Å². The predicted molar refractivity (Wildman–Crippen MR) is 98.7 cm³/mol. The summed E-state index contributed by atoms with van der Waals surface area (Å²) < 4.78 is 39.1. The summed E-state index contributed by atoms with van der Waals surface area (Å²) in [5, 5.41) is 3.04. The Bertz CT molecular complexity index is 723. The van der Waals surface area contributed by atoms with Crippen molar-refractivity contribution < 1.29 is 22.8 Å². The number of alkyl halides is 3. The predicted octanol–water partition coefficient (Wildman–Crippen LogP) is 2.62. The maximum Gasteiger partial charge on any atom is 0.416 e. The van der Waals surface area contributed by atoms with Gasteiger partial charge < -0.3 is 15.1 Å². The fraction of sp³-hybridized carbons (Fsp3) is 0.600. The van der Waals surface area contributed by atoms with Crippen molar-refractivity contribution in [1.82, 2.24) is 15.1 Å². The molecule has 1 aromatic rings. The molecule has 2 unspecified atom stereocenters. The van der Waals surface area contributed by atoms with Gasteiger partial charge >= 0.3 is 6.18 Å². The third-order valence-electron chi connectivity index (χ3n) is 5.60. The molecule has 2 fully saturated rings. The highest BCUT2D eigenvalue weighted by atomic mass is 19.4. The van der Waals surface area contributed by atoms with Gasteiger partial charge in [-0.05, 0) is 30.9 Å². The van der Waals surface area contributed by atoms with Crippen molar-refractivity contribution >= 4 is 11.8 Å². The van der Waals surface area contributed by atoms with E-state index in [9.17, 15) is 22.8 Å². The zero-order valence-corrected chi connectivity index (χ0v) is 16.0. The van der Waals surface area contributed by atoms with Crippen LogP contribution in [0.25, 0.3) is 0 Å². The van der Waals surface area contributed by atoms with Gasteiger partial charge in [-0.15, -0.1) is 0 Å². The molecule has 2 aliphatic rings. The summed E-state index contributed by atoms with van der Waals surface area (Å²) >= 11 is 0. The number of rotatable bonds is 4. The number of carbonyl (C=O) groups excluding carboxylic acids is 2. The van der Waals surface area contributed by atoms with E-state index in [1.807, 2.05) is 11.8 Å².